The Balaban J connectivity index is 1.72. The van der Waals surface area contributed by atoms with E-state index in [1.807, 2.05) is 18.5 Å². The number of imidazole rings is 1. The molecule has 0 spiro atoms. The summed E-state index contributed by atoms with van der Waals surface area (Å²) in [5.74, 6) is 1.16. The van der Waals surface area contributed by atoms with Crippen LogP contribution in [0, 0.1) is 0 Å². The molecule has 0 atom stereocenters. The van der Waals surface area contributed by atoms with Gasteiger partial charge in [-0.05, 0) is 49.7 Å². The zero-order valence-corrected chi connectivity index (χ0v) is 12.7. The first-order valence-electron chi connectivity index (χ1n) is 7.95. The van der Waals surface area contributed by atoms with Gasteiger partial charge in [-0.25, -0.2) is 4.98 Å². The van der Waals surface area contributed by atoms with Crippen LogP contribution in [0.15, 0.2) is 48.8 Å². The Kier molecular flexibility index (Phi) is 3.60. The summed E-state index contributed by atoms with van der Waals surface area (Å²) in [6.45, 7) is 4.15. The molecule has 1 fully saturated rings. The van der Waals surface area contributed by atoms with Gasteiger partial charge in [0.2, 0.25) is 0 Å². The fraction of sp³-hybridized carbons (Fsp3) is 0.333. The van der Waals surface area contributed by atoms with Crippen LogP contribution in [0.25, 0.3) is 11.0 Å². The van der Waals surface area contributed by atoms with Crippen molar-refractivity contribution < 1.29 is 0 Å². The van der Waals surface area contributed by atoms with Crippen molar-refractivity contribution in [3.63, 3.8) is 0 Å². The van der Waals surface area contributed by atoms with Crippen molar-refractivity contribution in [2.75, 3.05) is 13.1 Å². The predicted octanol–water partition coefficient (Wildman–Crippen LogP) is 3.08. The van der Waals surface area contributed by atoms with E-state index < -0.39 is 0 Å². The Labute approximate surface area is 130 Å². The molecule has 0 amide bonds. The lowest BCUT2D eigenvalue weighted by molar-refractivity contribution is 0.318. The summed E-state index contributed by atoms with van der Waals surface area (Å²) in [6, 6.07) is 12.5. The van der Waals surface area contributed by atoms with Crippen molar-refractivity contribution >= 4 is 11.0 Å². The number of rotatable bonds is 4. The molecule has 1 saturated heterocycles. The molecule has 0 radical (unpaired) electrons. The molecule has 0 bridgehead atoms. The van der Waals surface area contributed by atoms with E-state index in [9.17, 15) is 0 Å². The van der Waals surface area contributed by atoms with Crippen LogP contribution in [0.3, 0.4) is 0 Å². The quantitative estimate of drug-likeness (QED) is 0.741. The van der Waals surface area contributed by atoms with Crippen molar-refractivity contribution in [2.24, 2.45) is 0 Å². The number of fused-ring (bicyclic) bond motifs is 1. The third-order valence-corrected chi connectivity index (χ3v) is 4.36. The number of nitrogens with zero attached hydrogens (tertiary/aromatic N) is 4. The van der Waals surface area contributed by atoms with Crippen molar-refractivity contribution in [1.82, 2.24) is 19.4 Å². The second-order valence-electron chi connectivity index (χ2n) is 5.95. The van der Waals surface area contributed by atoms with E-state index in [-0.39, 0.29) is 0 Å². The Morgan fingerprint density at radius 3 is 2.64 bits per heavy atom. The molecule has 22 heavy (non-hydrogen) atoms. The highest BCUT2D eigenvalue weighted by Gasteiger charge is 2.17. The highest BCUT2D eigenvalue weighted by Crippen LogP contribution is 2.20. The van der Waals surface area contributed by atoms with Crippen LogP contribution >= 0.6 is 0 Å². The monoisotopic (exact) mass is 292 g/mol. The van der Waals surface area contributed by atoms with Gasteiger partial charge in [0.1, 0.15) is 5.82 Å². The maximum Gasteiger partial charge on any atom is 0.124 e. The lowest BCUT2D eigenvalue weighted by Crippen LogP contribution is -2.21. The zero-order valence-electron chi connectivity index (χ0n) is 12.7. The molecule has 0 unspecified atom stereocenters. The van der Waals surface area contributed by atoms with Gasteiger partial charge in [0, 0.05) is 12.4 Å². The van der Waals surface area contributed by atoms with Crippen LogP contribution < -0.4 is 0 Å². The maximum atomic E-state index is 4.87. The minimum absolute atomic E-state index is 0.831. The molecule has 0 aliphatic carbocycles. The van der Waals surface area contributed by atoms with Gasteiger partial charge in [-0.1, -0.05) is 18.2 Å². The largest absolute Gasteiger partial charge is 0.322 e. The van der Waals surface area contributed by atoms with E-state index in [2.05, 4.69) is 44.8 Å². The van der Waals surface area contributed by atoms with Crippen LogP contribution in [0.5, 0.6) is 0 Å². The first kappa shape index (κ1) is 13.5. The molecular formula is C18H20N4. The van der Waals surface area contributed by atoms with E-state index in [4.69, 9.17) is 4.98 Å². The fourth-order valence-corrected chi connectivity index (χ4v) is 3.24. The lowest BCUT2D eigenvalue weighted by Gasteiger charge is -2.16. The summed E-state index contributed by atoms with van der Waals surface area (Å²) in [7, 11) is 0. The summed E-state index contributed by atoms with van der Waals surface area (Å²) < 4.78 is 2.34. The zero-order chi connectivity index (χ0) is 14.8. The summed E-state index contributed by atoms with van der Waals surface area (Å²) >= 11 is 0. The molecule has 1 aromatic carbocycles. The average molecular weight is 292 g/mol. The summed E-state index contributed by atoms with van der Waals surface area (Å²) in [5, 5.41) is 0. The second-order valence-corrected chi connectivity index (χ2v) is 5.95. The number of para-hydroxylation sites is 2. The van der Waals surface area contributed by atoms with Gasteiger partial charge in [-0.2, -0.15) is 0 Å². The Bertz CT molecular complexity index is 757. The van der Waals surface area contributed by atoms with Gasteiger partial charge in [-0.15, -0.1) is 0 Å². The molecule has 4 nitrogen and oxygen atoms in total. The smallest absolute Gasteiger partial charge is 0.124 e. The van der Waals surface area contributed by atoms with Gasteiger partial charge in [0.15, 0.2) is 0 Å². The third kappa shape index (κ3) is 2.62. The van der Waals surface area contributed by atoms with Crippen LogP contribution in [0.1, 0.15) is 24.2 Å². The van der Waals surface area contributed by atoms with Gasteiger partial charge in [0.25, 0.3) is 0 Å². The predicted molar refractivity (Wildman–Crippen MR) is 87.6 cm³/mol. The van der Waals surface area contributed by atoms with Crippen LogP contribution in [-0.2, 0) is 13.1 Å². The summed E-state index contributed by atoms with van der Waals surface area (Å²) in [4.78, 5) is 11.6. The Hall–Kier alpha value is -2.20. The van der Waals surface area contributed by atoms with Crippen molar-refractivity contribution in [1.29, 1.82) is 0 Å². The van der Waals surface area contributed by atoms with Crippen LogP contribution in [-0.4, -0.2) is 32.5 Å². The van der Waals surface area contributed by atoms with Gasteiger partial charge in [0.05, 0.1) is 24.1 Å². The first-order chi connectivity index (χ1) is 10.9. The molecule has 0 saturated carbocycles. The highest BCUT2D eigenvalue weighted by molar-refractivity contribution is 5.76. The van der Waals surface area contributed by atoms with E-state index >= 15 is 0 Å². The Morgan fingerprint density at radius 1 is 0.955 bits per heavy atom. The van der Waals surface area contributed by atoms with Gasteiger partial charge >= 0.3 is 0 Å². The number of benzene rings is 1. The minimum Gasteiger partial charge on any atom is -0.322 e. The third-order valence-electron chi connectivity index (χ3n) is 4.36. The molecule has 0 N–H and O–H groups in total. The van der Waals surface area contributed by atoms with Crippen molar-refractivity contribution in [2.45, 2.75) is 25.9 Å². The molecule has 3 aromatic rings. The molecule has 4 rings (SSSR count). The number of likely N-dealkylation sites (tertiary alicyclic amines) is 1. The van der Waals surface area contributed by atoms with Crippen LogP contribution in [0.2, 0.25) is 0 Å². The lowest BCUT2D eigenvalue weighted by atomic mass is 10.2. The topological polar surface area (TPSA) is 34.0 Å². The maximum absolute atomic E-state index is 4.87. The molecule has 112 valence electrons. The van der Waals surface area contributed by atoms with Gasteiger partial charge < -0.3 is 4.57 Å². The van der Waals surface area contributed by atoms with E-state index in [1.54, 1.807) is 0 Å². The molecule has 1 aliphatic heterocycles. The molecule has 1 aliphatic rings. The number of aromatic nitrogens is 3. The van der Waals surface area contributed by atoms with Gasteiger partial charge in [-0.3, -0.25) is 9.88 Å². The molecule has 2 aromatic heterocycles. The standard InChI is InChI=1S/C18H20N4/c1-2-8-17-16(7-1)20-18(14-21-10-3-4-11-21)22(17)13-15-6-5-9-19-12-15/h1-2,5-9,12H,3-4,10-11,13-14H2. The summed E-state index contributed by atoms with van der Waals surface area (Å²) in [5.41, 5.74) is 3.51. The average Bonchev–Trinajstić information content (AvgIpc) is 3.18. The second kappa shape index (κ2) is 5.89. The normalized spacial score (nSPS) is 15.6. The minimum atomic E-state index is 0.831. The SMILES string of the molecule is c1cncc(Cn2c(CN3CCCC3)nc3ccccc32)c1. The first-order valence-corrected chi connectivity index (χ1v) is 7.95. The molecular weight excluding hydrogens is 272 g/mol. The molecule has 4 heteroatoms. The van der Waals surface area contributed by atoms with Crippen LogP contribution in [0.4, 0.5) is 0 Å². The Morgan fingerprint density at radius 2 is 1.82 bits per heavy atom. The number of pyridine rings is 1. The van der Waals surface area contributed by atoms with Crippen molar-refractivity contribution in [3.8, 4) is 0 Å². The van der Waals surface area contributed by atoms with Crippen molar-refractivity contribution in [3.05, 3.63) is 60.2 Å². The van der Waals surface area contributed by atoms with E-state index in [0.717, 1.165) is 24.4 Å². The molecule has 3 heterocycles. The summed E-state index contributed by atoms with van der Waals surface area (Å²) in [6.07, 6.45) is 6.38. The fourth-order valence-electron chi connectivity index (χ4n) is 3.24. The highest BCUT2D eigenvalue weighted by atomic mass is 15.2. The van der Waals surface area contributed by atoms with E-state index in [1.165, 1.54) is 37.0 Å². The van der Waals surface area contributed by atoms with E-state index in [0.29, 0.717) is 0 Å². The number of hydrogen-bond acceptors (Lipinski definition) is 3. The number of hydrogen-bond donors (Lipinski definition) is 0.